The molecule has 0 aliphatic carbocycles. The summed E-state index contributed by atoms with van der Waals surface area (Å²) in [4.78, 5) is 2.15. The van der Waals surface area contributed by atoms with Crippen LogP contribution in [0.15, 0.2) is 58.3 Å². The summed E-state index contributed by atoms with van der Waals surface area (Å²) >= 11 is 3.43. The normalized spacial score (nSPS) is 12.7. The van der Waals surface area contributed by atoms with Crippen molar-refractivity contribution in [1.82, 2.24) is 11.1 Å². The number of quaternary nitrogens is 2. The van der Waals surface area contributed by atoms with Crippen molar-refractivity contribution in [2.75, 3.05) is 36.5 Å². The molecule has 0 heterocycles. The molecule has 2 atom stereocenters. The molecule has 2 unspecified atom stereocenters. The first-order valence-corrected chi connectivity index (χ1v) is 10.0. The van der Waals surface area contributed by atoms with E-state index in [2.05, 4.69) is 21.9 Å². The third-order valence-electron chi connectivity index (χ3n) is 3.12. The van der Waals surface area contributed by atoms with Gasteiger partial charge in [-0.1, -0.05) is 35.3 Å². The fourth-order valence-electron chi connectivity index (χ4n) is 2.01. The van der Waals surface area contributed by atoms with Gasteiger partial charge in [0.25, 0.3) is 0 Å². The van der Waals surface area contributed by atoms with Crippen LogP contribution in [0.4, 0.5) is 11.4 Å². The van der Waals surface area contributed by atoms with E-state index < -0.39 is 0 Å². The van der Waals surface area contributed by atoms with E-state index in [1.165, 1.54) is 14.1 Å². The van der Waals surface area contributed by atoms with Gasteiger partial charge < -0.3 is 10.4 Å². The second-order valence-electron chi connectivity index (χ2n) is 5.30. The summed E-state index contributed by atoms with van der Waals surface area (Å²) in [5.41, 5.74) is 12.8. The molecule has 0 fully saturated rings. The number of rotatable bonds is 11. The Morgan fingerprint density at radius 3 is 1.48 bits per heavy atom. The van der Waals surface area contributed by atoms with Crippen LogP contribution in [-0.2, 0) is 16.8 Å². The molecule has 0 amide bonds. The quantitative estimate of drug-likeness (QED) is 0.163. The van der Waals surface area contributed by atoms with E-state index in [1.54, 1.807) is 23.5 Å². The Morgan fingerprint density at radius 1 is 0.741 bits per heavy atom. The molecular formula is C16H24CoN6O2S2. The maximum absolute atomic E-state index is 11.1. The number of benzene rings is 2. The van der Waals surface area contributed by atoms with E-state index in [0.717, 1.165) is 32.7 Å². The molecule has 6 N–H and O–H groups in total. The number of para-hydroxylation sites is 2. The number of nitrogens with one attached hydrogen (secondary N) is 6. The maximum atomic E-state index is 11.1. The van der Waals surface area contributed by atoms with Crippen LogP contribution >= 0.6 is 23.5 Å². The van der Waals surface area contributed by atoms with Gasteiger partial charge in [-0.25, -0.2) is 0 Å². The van der Waals surface area contributed by atoms with Crippen LogP contribution in [0.5, 0.6) is 0 Å². The Kier molecular flexibility index (Phi) is 11.8. The molecule has 2 rings (SSSR count). The van der Waals surface area contributed by atoms with Crippen molar-refractivity contribution in [3.8, 4) is 0 Å². The molecule has 11 heteroatoms. The minimum atomic E-state index is -0.136. The average Bonchev–Trinajstić information content (AvgIpc) is 2.63. The number of hydroxylamine groups is 2. The first-order chi connectivity index (χ1) is 12.6. The van der Waals surface area contributed by atoms with E-state index in [1.807, 2.05) is 48.5 Å². The molecule has 27 heavy (non-hydrogen) atoms. The van der Waals surface area contributed by atoms with E-state index in [-0.39, 0.29) is 27.1 Å². The van der Waals surface area contributed by atoms with Crippen LogP contribution < -0.4 is 32.3 Å². The van der Waals surface area contributed by atoms with Crippen LogP contribution in [0.2, 0.25) is 0 Å². The second-order valence-corrected chi connectivity index (χ2v) is 7.58. The van der Waals surface area contributed by atoms with Gasteiger partial charge >= 0.3 is 0 Å². The number of hydrogen-bond acceptors (Lipinski definition) is 8. The number of anilines is 2. The fraction of sp³-hybridized carbons (Fsp3) is 0.250. The molecule has 151 valence electrons. The Balaban J connectivity index is 0.00000364. The van der Waals surface area contributed by atoms with Gasteiger partial charge in [-0.2, -0.15) is 0 Å². The van der Waals surface area contributed by atoms with Crippen molar-refractivity contribution < 1.29 is 27.1 Å². The topological polar surface area (TPSA) is 103 Å². The predicted molar refractivity (Wildman–Crippen MR) is 108 cm³/mol. The third-order valence-corrected chi connectivity index (χ3v) is 5.53. The van der Waals surface area contributed by atoms with Gasteiger partial charge in [0.05, 0.1) is 25.5 Å². The van der Waals surface area contributed by atoms with Crippen molar-refractivity contribution in [3.05, 3.63) is 58.9 Å². The van der Waals surface area contributed by atoms with Gasteiger partial charge in [-0.15, -0.1) is 23.5 Å². The molecule has 0 spiro atoms. The Morgan fingerprint density at radius 2 is 1.11 bits per heavy atom. The Hall–Kier alpha value is -0.994. The van der Waals surface area contributed by atoms with Crippen LogP contribution in [0.3, 0.4) is 0 Å². The van der Waals surface area contributed by atoms with Gasteiger partial charge in [0.2, 0.25) is 0 Å². The Labute approximate surface area is 178 Å². The van der Waals surface area contributed by atoms with Crippen LogP contribution in [-0.4, -0.2) is 25.6 Å². The largest absolute Gasteiger partial charge is 0.612 e. The van der Waals surface area contributed by atoms with Gasteiger partial charge in [0.15, 0.2) is 0 Å². The molecule has 8 nitrogen and oxygen atoms in total. The van der Waals surface area contributed by atoms with E-state index in [0.29, 0.717) is 0 Å². The number of thioether (sulfide) groups is 2. The average molecular weight is 455 g/mol. The van der Waals surface area contributed by atoms with Crippen LogP contribution in [0.25, 0.3) is 0 Å². The molecule has 2 aromatic carbocycles. The second kappa shape index (κ2) is 13.2. The third kappa shape index (κ3) is 9.16. The fourth-order valence-corrected chi connectivity index (χ4v) is 4.01. The summed E-state index contributed by atoms with van der Waals surface area (Å²) in [5.74, 6) is 1.80. The van der Waals surface area contributed by atoms with Crippen LogP contribution in [0.1, 0.15) is 0 Å². The van der Waals surface area contributed by atoms with Gasteiger partial charge in [0.1, 0.15) is 0 Å². The minimum Gasteiger partial charge on any atom is -0.612 e. The molecule has 0 aliphatic heterocycles. The van der Waals surface area contributed by atoms with E-state index in [4.69, 9.17) is 0 Å². The smallest absolute Gasteiger partial charge is 0.0854 e. The molecule has 2 aromatic rings. The van der Waals surface area contributed by atoms with Crippen LogP contribution in [0, 0.1) is 10.4 Å². The molecular weight excluding hydrogens is 431 g/mol. The summed E-state index contributed by atoms with van der Waals surface area (Å²) in [6.45, 7) is 0. The SMILES string of the molecule is C[NH+]([O-])NNc1ccccc1SCCSc1ccccc1NN[NH+](C)[O-].[Co]. The van der Waals surface area contributed by atoms with E-state index >= 15 is 0 Å². The monoisotopic (exact) mass is 455 g/mol. The molecule has 0 aromatic heterocycles. The van der Waals surface area contributed by atoms with Gasteiger partial charge in [-0.3, -0.25) is 21.2 Å². The number of hydrazine groups is 2. The molecule has 0 bridgehead atoms. The molecule has 0 aliphatic rings. The van der Waals surface area contributed by atoms with Crippen molar-refractivity contribution >= 4 is 34.9 Å². The summed E-state index contributed by atoms with van der Waals surface area (Å²) in [6, 6.07) is 15.7. The maximum Gasteiger partial charge on any atom is 0.0854 e. The summed E-state index contributed by atoms with van der Waals surface area (Å²) in [7, 11) is 2.93. The zero-order valence-electron chi connectivity index (χ0n) is 15.0. The van der Waals surface area contributed by atoms with Gasteiger partial charge in [-0.05, 0) is 24.3 Å². The minimum absolute atomic E-state index is 0. The summed E-state index contributed by atoms with van der Waals surface area (Å²) < 4.78 is 0. The van der Waals surface area contributed by atoms with Crippen molar-refractivity contribution in [2.45, 2.75) is 9.79 Å². The van der Waals surface area contributed by atoms with E-state index in [9.17, 15) is 10.4 Å². The van der Waals surface area contributed by atoms with Gasteiger partial charge in [0, 0.05) is 38.1 Å². The molecule has 0 saturated carbocycles. The molecule has 0 saturated heterocycles. The standard InChI is InChI=1S/C16H24N6O2S2.Co/c1-21(23)19-17-13-7-3-5-9-15(13)25-11-12-26-16-10-6-4-8-14(16)18-20-22(2)24;/h3-10,17-22H,11-12H2,1-2H3;. The summed E-state index contributed by atoms with van der Waals surface area (Å²) in [5, 5.41) is 21.8. The van der Waals surface area contributed by atoms with Crippen molar-refractivity contribution in [3.63, 3.8) is 0 Å². The Bertz CT molecular complexity index is 623. The zero-order valence-corrected chi connectivity index (χ0v) is 17.7. The van der Waals surface area contributed by atoms with Crippen molar-refractivity contribution in [2.24, 2.45) is 0 Å². The van der Waals surface area contributed by atoms with Crippen molar-refractivity contribution in [1.29, 1.82) is 0 Å². The number of hydrogen-bond donors (Lipinski definition) is 6. The molecule has 1 radical (unpaired) electrons. The zero-order chi connectivity index (χ0) is 18.8. The first kappa shape index (κ1) is 24.0. The summed E-state index contributed by atoms with van der Waals surface area (Å²) in [6.07, 6.45) is 0. The predicted octanol–water partition coefficient (Wildman–Crippen LogP) is 0.257. The first-order valence-electron chi connectivity index (χ1n) is 8.05.